The number of aryl methyl sites for hydroxylation is 1. The molecule has 0 heterocycles. The quantitative estimate of drug-likeness (QED) is 0.809. The Kier molecular flexibility index (Phi) is 6.63. The predicted molar refractivity (Wildman–Crippen MR) is 92.4 cm³/mol. The molecule has 0 aliphatic rings. The van der Waals surface area contributed by atoms with Crippen molar-refractivity contribution < 1.29 is 19.0 Å². The van der Waals surface area contributed by atoms with Crippen LogP contribution in [0.4, 0.5) is 0 Å². The van der Waals surface area contributed by atoms with E-state index in [2.05, 4.69) is 5.32 Å². The Morgan fingerprint density at radius 3 is 2.54 bits per heavy atom. The molecule has 0 radical (unpaired) electrons. The number of hydrogen-bond acceptors (Lipinski definition) is 4. The summed E-state index contributed by atoms with van der Waals surface area (Å²) in [6, 6.07) is 15.1. The average molecular weight is 329 g/mol. The molecule has 1 N–H and O–H groups in total. The summed E-state index contributed by atoms with van der Waals surface area (Å²) in [6.07, 6.45) is -0.188. The Bertz CT molecular complexity index is 672. The summed E-state index contributed by atoms with van der Waals surface area (Å²) in [5.74, 6) is 1.08. The number of nitrogens with one attached hydrogen (secondary N) is 1. The Morgan fingerprint density at radius 2 is 1.83 bits per heavy atom. The number of hydrogen-bond donors (Lipinski definition) is 1. The maximum atomic E-state index is 12.0. The molecule has 2 rings (SSSR count). The summed E-state index contributed by atoms with van der Waals surface area (Å²) in [4.78, 5) is 12.0. The monoisotopic (exact) mass is 329 g/mol. The minimum absolute atomic E-state index is 0.0582. The summed E-state index contributed by atoms with van der Waals surface area (Å²) < 4.78 is 16.1. The third kappa shape index (κ3) is 4.99. The highest BCUT2D eigenvalue weighted by Crippen LogP contribution is 2.20. The SMILES string of the molecule is COc1cccc(OCC(=O)NCC(OC)c2ccccc2C)c1. The summed E-state index contributed by atoms with van der Waals surface area (Å²) >= 11 is 0. The number of rotatable bonds is 8. The van der Waals surface area contributed by atoms with E-state index in [9.17, 15) is 4.79 Å². The Morgan fingerprint density at radius 1 is 1.08 bits per heavy atom. The topological polar surface area (TPSA) is 56.8 Å². The fraction of sp³-hybridized carbons (Fsp3) is 0.316. The van der Waals surface area contributed by atoms with E-state index in [0.717, 1.165) is 11.1 Å². The third-order valence-electron chi connectivity index (χ3n) is 3.72. The maximum absolute atomic E-state index is 12.0. The number of carbonyl (C=O) groups is 1. The molecular formula is C19H23NO4. The fourth-order valence-electron chi connectivity index (χ4n) is 2.37. The summed E-state index contributed by atoms with van der Waals surface area (Å²) in [5, 5.41) is 2.84. The minimum Gasteiger partial charge on any atom is -0.497 e. The molecule has 2 aromatic rings. The zero-order chi connectivity index (χ0) is 17.4. The first-order valence-electron chi connectivity index (χ1n) is 7.76. The van der Waals surface area contributed by atoms with Gasteiger partial charge in [0.2, 0.25) is 0 Å². The molecule has 5 heteroatoms. The number of amides is 1. The van der Waals surface area contributed by atoms with Gasteiger partial charge in [-0.1, -0.05) is 30.3 Å². The molecule has 5 nitrogen and oxygen atoms in total. The fourth-order valence-corrected chi connectivity index (χ4v) is 2.37. The molecule has 0 aliphatic heterocycles. The molecule has 0 fully saturated rings. The van der Waals surface area contributed by atoms with Gasteiger partial charge in [-0.05, 0) is 30.2 Å². The molecule has 128 valence electrons. The van der Waals surface area contributed by atoms with Crippen molar-refractivity contribution in [1.82, 2.24) is 5.32 Å². The van der Waals surface area contributed by atoms with Crippen molar-refractivity contribution in [3.8, 4) is 11.5 Å². The highest BCUT2D eigenvalue weighted by Gasteiger charge is 2.14. The van der Waals surface area contributed by atoms with Crippen LogP contribution in [0, 0.1) is 6.92 Å². The average Bonchev–Trinajstić information content (AvgIpc) is 2.62. The molecule has 2 aromatic carbocycles. The van der Waals surface area contributed by atoms with Crippen molar-refractivity contribution in [3.63, 3.8) is 0 Å². The van der Waals surface area contributed by atoms with E-state index in [1.54, 1.807) is 26.4 Å². The van der Waals surface area contributed by atoms with Gasteiger partial charge in [-0.3, -0.25) is 4.79 Å². The van der Waals surface area contributed by atoms with Gasteiger partial charge in [0.1, 0.15) is 11.5 Å². The molecule has 24 heavy (non-hydrogen) atoms. The first-order chi connectivity index (χ1) is 11.6. The lowest BCUT2D eigenvalue weighted by atomic mass is 10.0. The van der Waals surface area contributed by atoms with Crippen molar-refractivity contribution in [1.29, 1.82) is 0 Å². The Labute approximate surface area is 142 Å². The Balaban J connectivity index is 1.84. The lowest BCUT2D eigenvalue weighted by Gasteiger charge is -2.18. The van der Waals surface area contributed by atoms with E-state index in [1.165, 1.54) is 0 Å². The highest BCUT2D eigenvalue weighted by atomic mass is 16.5. The largest absolute Gasteiger partial charge is 0.497 e. The number of ether oxygens (including phenoxy) is 3. The van der Waals surface area contributed by atoms with E-state index >= 15 is 0 Å². The molecule has 0 aromatic heterocycles. The van der Waals surface area contributed by atoms with Gasteiger partial charge in [0.25, 0.3) is 5.91 Å². The number of carbonyl (C=O) groups excluding carboxylic acids is 1. The molecule has 1 atom stereocenters. The minimum atomic E-state index is -0.201. The van der Waals surface area contributed by atoms with Gasteiger partial charge in [-0.15, -0.1) is 0 Å². The van der Waals surface area contributed by atoms with Crippen LogP contribution in [0.15, 0.2) is 48.5 Å². The summed E-state index contributed by atoms with van der Waals surface area (Å²) in [7, 11) is 3.22. The normalized spacial score (nSPS) is 11.6. The van der Waals surface area contributed by atoms with E-state index in [4.69, 9.17) is 14.2 Å². The van der Waals surface area contributed by atoms with Crippen LogP contribution in [0.1, 0.15) is 17.2 Å². The van der Waals surface area contributed by atoms with Crippen LogP contribution in [0.2, 0.25) is 0 Å². The van der Waals surface area contributed by atoms with E-state index in [0.29, 0.717) is 18.0 Å². The van der Waals surface area contributed by atoms with Gasteiger partial charge in [0.05, 0.1) is 13.2 Å². The van der Waals surface area contributed by atoms with Crippen LogP contribution in [0.25, 0.3) is 0 Å². The lowest BCUT2D eigenvalue weighted by molar-refractivity contribution is -0.123. The Hall–Kier alpha value is -2.53. The standard InChI is InChI=1S/C19H23NO4/c1-14-7-4-5-10-17(14)18(23-3)12-20-19(21)13-24-16-9-6-8-15(11-16)22-2/h4-11,18H,12-13H2,1-3H3,(H,20,21). The van der Waals surface area contributed by atoms with Crippen molar-refractivity contribution >= 4 is 5.91 Å². The summed E-state index contributed by atoms with van der Waals surface area (Å²) in [5.41, 5.74) is 2.19. The van der Waals surface area contributed by atoms with Crippen LogP contribution in [0.5, 0.6) is 11.5 Å². The van der Waals surface area contributed by atoms with Gasteiger partial charge < -0.3 is 19.5 Å². The van der Waals surface area contributed by atoms with Gasteiger partial charge >= 0.3 is 0 Å². The van der Waals surface area contributed by atoms with Crippen LogP contribution in [-0.4, -0.2) is 33.3 Å². The molecule has 0 saturated heterocycles. The lowest BCUT2D eigenvalue weighted by Crippen LogP contribution is -2.33. The molecule has 1 amide bonds. The first-order valence-corrected chi connectivity index (χ1v) is 7.76. The number of benzene rings is 2. The second kappa shape index (κ2) is 8.93. The molecule has 0 bridgehead atoms. The summed E-state index contributed by atoms with van der Waals surface area (Å²) in [6.45, 7) is 2.36. The van der Waals surface area contributed by atoms with Crippen LogP contribution in [0.3, 0.4) is 0 Å². The zero-order valence-corrected chi connectivity index (χ0v) is 14.2. The van der Waals surface area contributed by atoms with E-state index < -0.39 is 0 Å². The molecular weight excluding hydrogens is 306 g/mol. The van der Waals surface area contributed by atoms with Crippen molar-refractivity contribution in [2.24, 2.45) is 0 Å². The maximum Gasteiger partial charge on any atom is 0.258 e. The van der Waals surface area contributed by atoms with Crippen LogP contribution >= 0.6 is 0 Å². The van der Waals surface area contributed by atoms with Crippen molar-refractivity contribution in [2.45, 2.75) is 13.0 Å². The van der Waals surface area contributed by atoms with E-state index in [1.807, 2.05) is 43.3 Å². The molecule has 0 saturated carbocycles. The van der Waals surface area contributed by atoms with Crippen LogP contribution in [-0.2, 0) is 9.53 Å². The van der Waals surface area contributed by atoms with Crippen LogP contribution < -0.4 is 14.8 Å². The van der Waals surface area contributed by atoms with Gasteiger partial charge in [0, 0.05) is 19.7 Å². The molecule has 0 spiro atoms. The highest BCUT2D eigenvalue weighted by molar-refractivity contribution is 5.77. The molecule has 1 unspecified atom stereocenters. The van der Waals surface area contributed by atoms with E-state index in [-0.39, 0.29) is 18.6 Å². The van der Waals surface area contributed by atoms with Gasteiger partial charge in [0.15, 0.2) is 6.61 Å². The first kappa shape index (κ1) is 17.8. The number of methoxy groups -OCH3 is 2. The van der Waals surface area contributed by atoms with Gasteiger partial charge in [-0.25, -0.2) is 0 Å². The van der Waals surface area contributed by atoms with Gasteiger partial charge in [-0.2, -0.15) is 0 Å². The second-order valence-electron chi connectivity index (χ2n) is 5.35. The predicted octanol–water partition coefficient (Wildman–Crippen LogP) is 2.89. The second-order valence-corrected chi connectivity index (χ2v) is 5.35. The smallest absolute Gasteiger partial charge is 0.258 e. The van der Waals surface area contributed by atoms with Crippen molar-refractivity contribution in [3.05, 3.63) is 59.7 Å². The zero-order valence-electron chi connectivity index (χ0n) is 14.2. The third-order valence-corrected chi connectivity index (χ3v) is 3.72. The van der Waals surface area contributed by atoms with Crippen molar-refractivity contribution in [2.75, 3.05) is 27.4 Å². The molecule has 0 aliphatic carbocycles.